The smallest absolute Gasteiger partial charge is 0.251 e. The Labute approximate surface area is 169 Å². The van der Waals surface area contributed by atoms with Gasteiger partial charge in [-0.25, -0.2) is 4.39 Å². The molecule has 0 spiro atoms. The molecule has 0 aliphatic carbocycles. The van der Waals surface area contributed by atoms with Crippen LogP contribution in [0.15, 0.2) is 48.5 Å². The molecule has 2 aromatic carbocycles. The van der Waals surface area contributed by atoms with Gasteiger partial charge in [0.25, 0.3) is 5.91 Å². The van der Waals surface area contributed by atoms with E-state index in [1.807, 2.05) is 0 Å². The van der Waals surface area contributed by atoms with Gasteiger partial charge in [0.05, 0.1) is 12.5 Å². The Morgan fingerprint density at radius 2 is 1.62 bits per heavy atom. The number of halogens is 1. The first kappa shape index (κ1) is 20.8. The highest BCUT2D eigenvalue weighted by Gasteiger charge is 2.41. The topological polar surface area (TPSA) is 76.7 Å². The van der Waals surface area contributed by atoms with E-state index in [1.54, 1.807) is 43.5 Å². The molecule has 1 aliphatic rings. The molecule has 0 saturated carbocycles. The fourth-order valence-electron chi connectivity index (χ4n) is 3.50. The summed E-state index contributed by atoms with van der Waals surface area (Å²) < 4.78 is 23.8. The zero-order valence-corrected chi connectivity index (χ0v) is 16.4. The van der Waals surface area contributed by atoms with Crippen molar-refractivity contribution in [3.8, 4) is 5.75 Å². The van der Waals surface area contributed by atoms with Gasteiger partial charge in [-0.2, -0.15) is 0 Å². The molecule has 2 N–H and O–H groups in total. The molecule has 1 fully saturated rings. The summed E-state index contributed by atoms with van der Waals surface area (Å²) in [6.07, 6.45) is 1.06. The lowest BCUT2D eigenvalue weighted by molar-refractivity contribution is -0.130. The van der Waals surface area contributed by atoms with Crippen molar-refractivity contribution < 1.29 is 23.5 Å². The zero-order chi connectivity index (χ0) is 20.7. The van der Waals surface area contributed by atoms with Gasteiger partial charge < -0.3 is 20.1 Å². The number of ether oxygens (including phenoxy) is 2. The standard InChI is InChI=1S/C22H25FN2O4/c1-28-19-8-2-16(3-9-19)20(26)24-12-13-25-21(27)22(10-14-29-15-11-22)17-4-6-18(23)7-5-17/h2-9H,10-15H2,1H3,(H,24,26)(H,25,27). The van der Waals surface area contributed by atoms with Gasteiger partial charge in [0.1, 0.15) is 11.6 Å². The summed E-state index contributed by atoms with van der Waals surface area (Å²) >= 11 is 0. The fraction of sp³-hybridized carbons (Fsp3) is 0.364. The number of benzene rings is 2. The number of nitrogens with one attached hydrogen (secondary N) is 2. The third kappa shape index (κ3) is 4.92. The van der Waals surface area contributed by atoms with Crippen LogP contribution in [0, 0.1) is 5.82 Å². The second-order valence-electron chi connectivity index (χ2n) is 6.94. The van der Waals surface area contributed by atoms with E-state index in [0.717, 1.165) is 5.56 Å². The fourth-order valence-corrected chi connectivity index (χ4v) is 3.50. The highest BCUT2D eigenvalue weighted by atomic mass is 19.1. The molecular weight excluding hydrogens is 375 g/mol. The molecule has 0 unspecified atom stereocenters. The predicted octanol–water partition coefficient (Wildman–Crippen LogP) is 2.43. The van der Waals surface area contributed by atoms with Crippen molar-refractivity contribution in [1.82, 2.24) is 10.6 Å². The molecular formula is C22H25FN2O4. The summed E-state index contributed by atoms with van der Waals surface area (Å²) in [4.78, 5) is 25.2. The minimum absolute atomic E-state index is 0.133. The molecule has 6 nitrogen and oxygen atoms in total. The summed E-state index contributed by atoms with van der Waals surface area (Å²) in [6.45, 7) is 1.54. The van der Waals surface area contributed by atoms with E-state index in [2.05, 4.69) is 10.6 Å². The minimum Gasteiger partial charge on any atom is -0.497 e. The van der Waals surface area contributed by atoms with Crippen molar-refractivity contribution in [2.75, 3.05) is 33.4 Å². The molecule has 3 rings (SSSR count). The largest absolute Gasteiger partial charge is 0.497 e. The van der Waals surface area contributed by atoms with Crippen LogP contribution in [0.2, 0.25) is 0 Å². The molecule has 2 amide bonds. The maximum Gasteiger partial charge on any atom is 0.251 e. The van der Waals surface area contributed by atoms with E-state index in [9.17, 15) is 14.0 Å². The third-order valence-electron chi connectivity index (χ3n) is 5.23. The molecule has 0 atom stereocenters. The summed E-state index contributed by atoms with van der Waals surface area (Å²) in [7, 11) is 1.56. The lowest BCUT2D eigenvalue weighted by Crippen LogP contribution is -2.49. The van der Waals surface area contributed by atoms with Gasteiger partial charge in [0.2, 0.25) is 5.91 Å². The van der Waals surface area contributed by atoms with Crippen LogP contribution in [0.5, 0.6) is 5.75 Å². The van der Waals surface area contributed by atoms with Gasteiger partial charge in [0.15, 0.2) is 0 Å². The SMILES string of the molecule is COc1ccc(C(=O)NCCNC(=O)C2(c3ccc(F)cc3)CCOCC2)cc1. The highest BCUT2D eigenvalue weighted by molar-refractivity contribution is 5.94. The van der Waals surface area contributed by atoms with Crippen molar-refractivity contribution >= 4 is 11.8 Å². The van der Waals surface area contributed by atoms with Crippen LogP contribution in [0.1, 0.15) is 28.8 Å². The minimum atomic E-state index is -0.744. The van der Waals surface area contributed by atoms with E-state index in [1.165, 1.54) is 12.1 Å². The molecule has 0 radical (unpaired) electrons. The van der Waals surface area contributed by atoms with Crippen molar-refractivity contribution in [3.63, 3.8) is 0 Å². The lowest BCUT2D eigenvalue weighted by atomic mass is 9.73. The maximum absolute atomic E-state index is 13.3. The Balaban J connectivity index is 1.56. The molecule has 1 heterocycles. The molecule has 2 aromatic rings. The summed E-state index contributed by atoms with van der Waals surface area (Å²) in [5, 5.41) is 5.69. The third-order valence-corrected chi connectivity index (χ3v) is 5.23. The van der Waals surface area contributed by atoms with Gasteiger partial charge in [-0.3, -0.25) is 9.59 Å². The predicted molar refractivity (Wildman–Crippen MR) is 106 cm³/mol. The number of rotatable bonds is 7. The highest BCUT2D eigenvalue weighted by Crippen LogP contribution is 2.35. The van der Waals surface area contributed by atoms with Crippen molar-refractivity contribution in [1.29, 1.82) is 0 Å². The van der Waals surface area contributed by atoms with Gasteiger partial charge in [-0.15, -0.1) is 0 Å². The van der Waals surface area contributed by atoms with E-state index in [-0.39, 0.29) is 17.6 Å². The van der Waals surface area contributed by atoms with E-state index in [4.69, 9.17) is 9.47 Å². The molecule has 0 aromatic heterocycles. The Morgan fingerprint density at radius 1 is 1.00 bits per heavy atom. The van der Waals surface area contributed by atoms with Crippen molar-refractivity contribution in [2.45, 2.75) is 18.3 Å². The van der Waals surface area contributed by atoms with Gasteiger partial charge in [-0.05, 0) is 54.8 Å². The van der Waals surface area contributed by atoms with Gasteiger partial charge in [-0.1, -0.05) is 12.1 Å². The molecule has 29 heavy (non-hydrogen) atoms. The van der Waals surface area contributed by atoms with Crippen LogP contribution >= 0.6 is 0 Å². The average molecular weight is 400 g/mol. The second kappa shape index (κ2) is 9.52. The summed E-state index contributed by atoms with van der Waals surface area (Å²) in [6, 6.07) is 12.8. The average Bonchev–Trinajstić information content (AvgIpc) is 2.77. The Morgan fingerprint density at radius 3 is 2.24 bits per heavy atom. The first-order valence-electron chi connectivity index (χ1n) is 9.59. The number of methoxy groups -OCH3 is 1. The van der Waals surface area contributed by atoms with Gasteiger partial charge in [0, 0.05) is 31.9 Å². The maximum atomic E-state index is 13.3. The number of amides is 2. The summed E-state index contributed by atoms with van der Waals surface area (Å²) in [5.74, 6) is -0.0127. The van der Waals surface area contributed by atoms with Crippen LogP contribution < -0.4 is 15.4 Å². The van der Waals surface area contributed by atoms with Crippen LogP contribution in [-0.4, -0.2) is 45.2 Å². The molecule has 154 valence electrons. The molecule has 1 saturated heterocycles. The van der Waals surface area contributed by atoms with E-state index < -0.39 is 5.41 Å². The Kier molecular flexibility index (Phi) is 6.82. The van der Waals surface area contributed by atoms with Crippen LogP contribution in [0.4, 0.5) is 4.39 Å². The number of hydrogen-bond acceptors (Lipinski definition) is 4. The quantitative estimate of drug-likeness (QED) is 0.700. The number of carbonyl (C=O) groups is 2. The first-order valence-corrected chi connectivity index (χ1v) is 9.59. The van der Waals surface area contributed by atoms with Crippen LogP contribution in [0.3, 0.4) is 0 Å². The Bertz CT molecular complexity index is 831. The van der Waals surface area contributed by atoms with Crippen molar-refractivity contribution in [2.24, 2.45) is 0 Å². The Hall–Kier alpha value is -2.93. The van der Waals surface area contributed by atoms with E-state index in [0.29, 0.717) is 50.5 Å². The van der Waals surface area contributed by atoms with Crippen LogP contribution in [0.25, 0.3) is 0 Å². The first-order chi connectivity index (χ1) is 14.0. The normalized spacial score (nSPS) is 15.4. The zero-order valence-electron chi connectivity index (χ0n) is 16.4. The van der Waals surface area contributed by atoms with Crippen LogP contribution in [-0.2, 0) is 14.9 Å². The number of hydrogen-bond donors (Lipinski definition) is 2. The van der Waals surface area contributed by atoms with E-state index >= 15 is 0 Å². The monoisotopic (exact) mass is 400 g/mol. The molecule has 0 bridgehead atoms. The molecule has 1 aliphatic heterocycles. The molecule has 7 heteroatoms. The number of carbonyl (C=O) groups excluding carboxylic acids is 2. The lowest BCUT2D eigenvalue weighted by Gasteiger charge is -2.36. The summed E-state index contributed by atoms with van der Waals surface area (Å²) in [5.41, 5.74) is 0.553. The second-order valence-corrected chi connectivity index (χ2v) is 6.94. The van der Waals surface area contributed by atoms with Crippen molar-refractivity contribution in [3.05, 3.63) is 65.5 Å². The van der Waals surface area contributed by atoms with Gasteiger partial charge >= 0.3 is 0 Å².